The van der Waals surface area contributed by atoms with Crippen LogP contribution in [0, 0.1) is 11.8 Å². The molecule has 1 aromatic rings. The van der Waals surface area contributed by atoms with Crippen molar-refractivity contribution in [1.82, 2.24) is 0 Å². The van der Waals surface area contributed by atoms with Crippen LogP contribution >= 0.6 is 0 Å². The Bertz CT molecular complexity index is 447. The number of carbonyl (C=O) groups excluding carboxylic acids is 2. The molecule has 0 heterocycles. The molecule has 1 rings (SSSR count). The molecule has 0 amide bonds. The Labute approximate surface area is 132 Å². The summed E-state index contributed by atoms with van der Waals surface area (Å²) in [6.45, 7) is 8.21. The zero-order chi connectivity index (χ0) is 16.5. The van der Waals surface area contributed by atoms with Crippen molar-refractivity contribution < 1.29 is 19.1 Å². The highest BCUT2D eigenvalue weighted by atomic mass is 16.6. The van der Waals surface area contributed by atoms with E-state index in [0.29, 0.717) is 36.2 Å². The molecule has 4 nitrogen and oxygen atoms in total. The molecule has 0 saturated carbocycles. The third-order valence-electron chi connectivity index (χ3n) is 3.15. The van der Waals surface area contributed by atoms with Crippen LogP contribution in [0.2, 0.25) is 0 Å². The molecule has 0 aromatic heterocycles. The standard InChI is InChI=1S/C18H26O4/c1-13(2)9-11-17(19)21-15-7-5-6-8-16(15)22-18(20)12-10-14(3)4/h5-8,13-14H,9-12H2,1-4H3. The number of ether oxygens (including phenoxy) is 2. The van der Waals surface area contributed by atoms with Gasteiger partial charge < -0.3 is 9.47 Å². The van der Waals surface area contributed by atoms with Gasteiger partial charge in [-0.1, -0.05) is 39.8 Å². The monoisotopic (exact) mass is 306 g/mol. The Morgan fingerprint density at radius 3 is 1.50 bits per heavy atom. The van der Waals surface area contributed by atoms with Crippen LogP contribution in [0.5, 0.6) is 11.5 Å². The van der Waals surface area contributed by atoms with E-state index in [1.54, 1.807) is 24.3 Å². The number of hydrogen-bond donors (Lipinski definition) is 0. The minimum Gasteiger partial charge on any atom is -0.423 e. The van der Waals surface area contributed by atoms with Gasteiger partial charge in [-0.05, 0) is 36.8 Å². The molecule has 0 bridgehead atoms. The van der Waals surface area contributed by atoms with E-state index in [-0.39, 0.29) is 11.9 Å². The first-order valence-corrected chi connectivity index (χ1v) is 7.89. The van der Waals surface area contributed by atoms with Gasteiger partial charge in [-0.2, -0.15) is 0 Å². The number of carbonyl (C=O) groups is 2. The highest BCUT2D eigenvalue weighted by molar-refractivity contribution is 5.76. The largest absolute Gasteiger partial charge is 0.423 e. The summed E-state index contributed by atoms with van der Waals surface area (Å²) < 4.78 is 10.6. The average Bonchev–Trinajstić information content (AvgIpc) is 2.45. The molecule has 0 unspecified atom stereocenters. The van der Waals surface area contributed by atoms with Gasteiger partial charge in [0.05, 0.1) is 0 Å². The van der Waals surface area contributed by atoms with Crippen molar-refractivity contribution in [2.45, 2.75) is 53.4 Å². The van der Waals surface area contributed by atoms with E-state index >= 15 is 0 Å². The van der Waals surface area contributed by atoms with Crippen molar-refractivity contribution in [2.24, 2.45) is 11.8 Å². The molecular formula is C18H26O4. The van der Waals surface area contributed by atoms with Crippen LogP contribution in [-0.4, -0.2) is 11.9 Å². The first kappa shape index (κ1) is 18.2. The second kappa shape index (κ2) is 9.23. The molecule has 0 N–H and O–H groups in total. The molecule has 0 fully saturated rings. The van der Waals surface area contributed by atoms with Gasteiger partial charge in [0, 0.05) is 12.8 Å². The van der Waals surface area contributed by atoms with Crippen LogP contribution in [-0.2, 0) is 9.59 Å². The maximum atomic E-state index is 11.8. The molecule has 22 heavy (non-hydrogen) atoms. The van der Waals surface area contributed by atoms with Gasteiger partial charge >= 0.3 is 11.9 Å². The first-order valence-electron chi connectivity index (χ1n) is 7.89. The predicted octanol–water partition coefficient (Wildman–Crippen LogP) is 4.37. The van der Waals surface area contributed by atoms with Gasteiger partial charge in [0.1, 0.15) is 0 Å². The topological polar surface area (TPSA) is 52.6 Å². The molecule has 0 radical (unpaired) electrons. The average molecular weight is 306 g/mol. The van der Waals surface area contributed by atoms with Gasteiger partial charge in [-0.3, -0.25) is 9.59 Å². The maximum Gasteiger partial charge on any atom is 0.311 e. The zero-order valence-electron chi connectivity index (χ0n) is 13.9. The number of rotatable bonds is 8. The lowest BCUT2D eigenvalue weighted by atomic mass is 10.1. The zero-order valence-corrected chi connectivity index (χ0v) is 13.9. The third-order valence-corrected chi connectivity index (χ3v) is 3.15. The lowest BCUT2D eigenvalue weighted by Gasteiger charge is -2.11. The number of benzene rings is 1. The molecule has 4 heteroatoms. The summed E-state index contributed by atoms with van der Waals surface area (Å²) in [6.07, 6.45) is 2.25. The molecule has 0 aliphatic rings. The summed E-state index contributed by atoms with van der Waals surface area (Å²) in [7, 11) is 0. The molecule has 122 valence electrons. The summed E-state index contributed by atoms with van der Waals surface area (Å²) in [5.74, 6) is 0.871. The maximum absolute atomic E-state index is 11.8. The van der Waals surface area contributed by atoms with Crippen molar-refractivity contribution in [3.63, 3.8) is 0 Å². The van der Waals surface area contributed by atoms with Crippen LogP contribution in [0.25, 0.3) is 0 Å². The lowest BCUT2D eigenvalue weighted by Crippen LogP contribution is -2.13. The van der Waals surface area contributed by atoms with E-state index in [2.05, 4.69) is 27.7 Å². The van der Waals surface area contributed by atoms with Gasteiger partial charge in [0.15, 0.2) is 11.5 Å². The van der Waals surface area contributed by atoms with Crippen molar-refractivity contribution >= 4 is 11.9 Å². The van der Waals surface area contributed by atoms with Crippen molar-refractivity contribution in [1.29, 1.82) is 0 Å². The Balaban J connectivity index is 2.61. The summed E-state index contributed by atoms with van der Waals surface area (Å²) in [4.78, 5) is 23.6. The van der Waals surface area contributed by atoms with E-state index in [1.165, 1.54) is 0 Å². The normalized spacial score (nSPS) is 10.8. The van der Waals surface area contributed by atoms with E-state index in [1.807, 2.05) is 0 Å². The summed E-state index contributed by atoms with van der Waals surface area (Å²) in [5.41, 5.74) is 0. The predicted molar refractivity (Wildman–Crippen MR) is 85.9 cm³/mol. The second-order valence-electron chi connectivity index (χ2n) is 6.26. The highest BCUT2D eigenvalue weighted by Crippen LogP contribution is 2.27. The molecule has 0 atom stereocenters. The number of hydrogen-bond acceptors (Lipinski definition) is 4. The lowest BCUT2D eigenvalue weighted by molar-refractivity contribution is -0.137. The van der Waals surface area contributed by atoms with Crippen molar-refractivity contribution in [3.05, 3.63) is 24.3 Å². The van der Waals surface area contributed by atoms with Crippen molar-refractivity contribution in [3.8, 4) is 11.5 Å². The van der Waals surface area contributed by atoms with E-state index in [0.717, 1.165) is 12.8 Å². The number of para-hydroxylation sites is 2. The second-order valence-corrected chi connectivity index (χ2v) is 6.26. The van der Waals surface area contributed by atoms with E-state index < -0.39 is 0 Å². The number of esters is 2. The highest BCUT2D eigenvalue weighted by Gasteiger charge is 2.14. The third kappa shape index (κ3) is 7.25. The first-order chi connectivity index (χ1) is 10.4. The Morgan fingerprint density at radius 2 is 1.18 bits per heavy atom. The fraction of sp³-hybridized carbons (Fsp3) is 0.556. The van der Waals surface area contributed by atoms with Crippen LogP contribution in [0.3, 0.4) is 0 Å². The quantitative estimate of drug-likeness (QED) is 0.528. The Morgan fingerprint density at radius 1 is 0.818 bits per heavy atom. The van der Waals surface area contributed by atoms with Gasteiger partial charge in [-0.25, -0.2) is 0 Å². The molecule has 0 aliphatic carbocycles. The smallest absolute Gasteiger partial charge is 0.311 e. The molecule has 1 aromatic carbocycles. The van der Waals surface area contributed by atoms with Gasteiger partial charge in [0.2, 0.25) is 0 Å². The van der Waals surface area contributed by atoms with Gasteiger partial charge in [-0.15, -0.1) is 0 Å². The molecule has 0 spiro atoms. The Hall–Kier alpha value is -1.84. The van der Waals surface area contributed by atoms with Crippen LogP contribution in [0.4, 0.5) is 0 Å². The van der Waals surface area contributed by atoms with Gasteiger partial charge in [0.25, 0.3) is 0 Å². The minimum absolute atomic E-state index is 0.300. The van der Waals surface area contributed by atoms with Crippen LogP contribution in [0.1, 0.15) is 53.4 Å². The summed E-state index contributed by atoms with van der Waals surface area (Å²) >= 11 is 0. The van der Waals surface area contributed by atoms with Crippen LogP contribution in [0.15, 0.2) is 24.3 Å². The van der Waals surface area contributed by atoms with E-state index in [9.17, 15) is 9.59 Å². The van der Waals surface area contributed by atoms with E-state index in [4.69, 9.17) is 9.47 Å². The fourth-order valence-corrected chi connectivity index (χ4v) is 1.78. The van der Waals surface area contributed by atoms with Crippen molar-refractivity contribution in [2.75, 3.05) is 0 Å². The molecule has 0 aliphatic heterocycles. The minimum atomic E-state index is -0.306. The Kier molecular flexibility index (Phi) is 7.64. The molecule has 0 saturated heterocycles. The fourth-order valence-electron chi connectivity index (χ4n) is 1.78. The van der Waals surface area contributed by atoms with Crippen LogP contribution < -0.4 is 9.47 Å². The SMILES string of the molecule is CC(C)CCC(=O)Oc1ccccc1OC(=O)CCC(C)C. The molecular weight excluding hydrogens is 280 g/mol. The summed E-state index contributed by atoms with van der Waals surface area (Å²) in [6, 6.07) is 6.77. The summed E-state index contributed by atoms with van der Waals surface area (Å²) in [5, 5.41) is 0.